The Balaban J connectivity index is 1.58. The third-order valence-corrected chi connectivity index (χ3v) is 7.50. The van der Waals surface area contributed by atoms with Gasteiger partial charge in [0.1, 0.15) is 17.3 Å². The van der Waals surface area contributed by atoms with Gasteiger partial charge in [-0.15, -0.1) is 0 Å². The molecule has 0 bridgehead atoms. The van der Waals surface area contributed by atoms with Crippen LogP contribution < -0.4 is 20.7 Å². The summed E-state index contributed by atoms with van der Waals surface area (Å²) >= 11 is 0. The van der Waals surface area contributed by atoms with Crippen molar-refractivity contribution in [2.75, 3.05) is 7.11 Å². The molecule has 40 heavy (non-hydrogen) atoms. The van der Waals surface area contributed by atoms with E-state index in [1.165, 1.54) is 6.42 Å². The van der Waals surface area contributed by atoms with Gasteiger partial charge in [0.2, 0.25) is 11.8 Å². The molecule has 7 nitrogen and oxygen atoms in total. The summed E-state index contributed by atoms with van der Waals surface area (Å²) in [4.78, 5) is 40.8. The predicted molar refractivity (Wildman–Crippen MR) is 156 cm³/mol. The summed E-state index contributed by atoms with van der Waals surface area (Å²) in [6.45, 7) is 1.70. The molecule has 0 saturated heterocycles. The number of carbonyl (C=O) groups excluding carboxylic acids is 3. The van der Waals surface area contributed by atoms with Gasteiger partial charge in [0.25, 0.3) is 5.91 Å². The van der Waals surface area contributed by atoms with Gasteiger partial charge in [-0.3, -0.25) is 14.4 Å². The first-order chi connectivity index (χ1) is 19.4. The maximum Gasteiger partial charge on any atom is 0.252 e. The minimum absolute atomic E-state index is 0.111. The molecule has 2 atom stereocenters. The number of hydrogen-bond acceptors (Lipinski definition) is 4. The van der Waals surface area contributed by atoms with Crippen molar-refractivity contribution in [1.29, 1.82) is 0 Å². The zero-order chi connectivity index (χ0) is 28.4. The van der Waals surface area contributed by atoms with Crippen LogP contribution in [-0.2, 0) is 22.4 Å². The van der Waals surface area contributed by atoms with E-state index in [4.69, 9.17) is 4.74 Å². The summed E-state index contributed by atoms with van der Waals surface area (Å²) in [5.74, 6) is -0.291. The zero-order valence-electron chi connectivity index (χ0n) is 23.3. The highest BCUT2D eigenvalue weighted by Gasteiger charge is 2.38. The number of amides is 3. The van der Waals surface area contributed by atoms with Crippen molar-refractivity contribution < 1.29 is 19.1 Å². The van der Waals surface area contributed by atoms with Crippen LogP contribution in [0.25, 0.3) is 0 Å². The van der Waals surface area contributed by atoms with Crippen LogP contribution >= 0.6 is 0 Å². The minimum atomic E-state index is -1.33. The van der Waals surface area contributed by atoms with E-state index in [2.05, 4.69) is 16.0 Å². The Hall–Kier alpha value is -4.13. The van der Waals surface area contributed by atoms with Crippen molar-refractivity contribution in [3.8, 4) is 5.75 Å². The summed E-state index contributed by atoms with van der Waals surface area (Å²) in [5, 5.41) is 9.14. The van der Waals surface area contributed by atoms with Crippen molar-refractivity contribution in [1.82, 2.24) is 16.0 Å². The fourth-order valence-electron chi connectivity index (χ4n) is 5.17. The number of carbonyl (C=O) groups is 3. The molecule has 1 aliphatic rings. The molecule has 0 spiro atoms. The minimum Gasteiger partial charge on any atom is -0.497 e. The fourth-order valence-corrected chi connectivity index (χ4v) is 5.17. The van der Waals surface area contributed by atoms with Crippen molar-refractivity contribution in [3.05, 3.63) is 102 Å². The Bertz CT molecular complexity index is 1260. The maximum atomic E-state index is 14.0. The van der Waals surface area contributed by atoms with Crippen LogP contribution in [0.1, 0.15) is 60.5 Å². The molecule has 3 N–H and O–H groups in total. The third-order valence-electron chi connectivity index (χ3n) is 7.50. The van der Waals surface area contributed by atoms with Gasteiger partial charge in [-0.2, -0.15) is 0 Å². The van der Waals surface area contributed by atoms with E-state index < -0.39 is 17.5 Å². The van der Waals surface area contributed by atoms with Crippen LogP contribution in [0.5, 0.6) is 5.75 Å². The normalized spacial score (nSPS) is 15.8. The quantitative estimate of drug-likeness (QED) is 0.331. The van der Waals surface area contributed by atoms with E-state index in [9.17, 15) is 14.4 Å². The topological polar surface area (TPSA) is 96.5 Å². The van der Waals surface area contributed by atoms with E-state index >= 15 is 0 Å². The van der Waals surface area contributed by atoms with E-state index in [1.54, 1.807) is 38.3 Å². The second-order valence-electron chi connectivity index (χ2n) is 10.7. The van der Waals surface area contributed by atoms with Crippen molar-refractivity contribution >= 4 is 17.7 Å². The first-order valence-corrected chi connectivity index (χ1v) is 14.0. The van der Waals surface area contributed by atoms with Gasteiger partial charge in [-0.1, -0.05) is 79.9 Å². The van der Waals surface area contributed by atoms with E-state index in [1.807, 2.05) is 60.7 Å². The Labute approximate surface area is 236 Å². The molecule has 4 rings (SSSR count). The molecule has 0 aromatic heterocycles. The van der Waals surface area contributed by atoms with Crippen LogP contribution in [0, 0.1) is 0 Å². The molecular formula is C33H39N3O4. The van der Waals surface area contributed by atoms with E-state index in [0.717, 1.165) is 36.8 Å². The molecule has 0 aliphatic heterocycles. The highest BCUT2D eigenvalue weighted by molar-refractivity contribution is 6.00. The first kappa shape index (κ1) is 28.9. The molecule has 1 aliphatic carbocycles. The SMILES string of the molecule is COc1ccc(C[C@@](C)(NC(=O)c2ccccc2)C(=O)N[C@@H](Cc2ccccc2)C(=O)NC2CCCCC2)cc1. The summed E-state index contributed by atoms with van der Waals surface area (Å²) in [6.07, 6.45) is 5.82. The fraction of sp³-hybridized carbons (Fsp3) is 0.364. The summed E-state index contributed by atoms with van der Waals surface area (Å²) in [7, 11) is 1.60. The highest BCUT2D eigenvalue weighted by Crippen LogP contribution is 2.20. The number of benzene rings is 3. The van der Waals surface area contributed by atoms with Crippen LogP contribution in [0.3, 0.4) is 0 Å². The van der Waals surface area contributed by atoms with Crippen molar-refractivity contribution in [3.63, 3.8) is 0 Å². The van der Waals surface area contributed by atoms with Crippen molar-refractivity contribution in [2.24, 2.45) is 0 Å². The first-order valence-electron chi connectivity index (χ1n) is 14.0. The molecule has 3 aromatic rings. The van der Waals surface area contributed by atoms with E-state index in [-0.39, 0.29) is 24.3 Å². The largest absolute Gasteiger partial charge is 0.497 e. The maximum absolute atomic E-state index is 14.0. The lowest BCUT2D eigenvalue weighted by Gasteiger charge is -2.32. The van der Waals surface area contributed by atoms with Gasteiger partial charge >= 0.3 is 0 Å². The smallest absolute Gasteiger partial charge is 0.252 e. The predicted octanol–water partition coefficient (Wildman–Crippen LogP) is 4.60. The second kappa shape index (κ2) is 13.8. The molecule has 1 saturated carbocycles. The zero-order valence-corrected chi connectivity index (χ0v) is 23.3. The van der Waals surface area contributed by atoms with Crippen LogP contribution in [0.2, 0.25) is 0 Å². The molecule has 210 valence electrons. The number of ether oxygens (including phenoxy) is 1. The van der Waals surface area contributed by atoms with Gasteiger partial charge in [-0.25, -0.2) is 0 Å². The van der Waals surface area contributed by atoms with Gasteiger partial charge in [-0.05, 0) is 55.2 Å². The van der Waals surface area contributed by atoms with Gasteiger partial charge in [0.15, 0.2) is 0 Å². The molecule has 0 unspecified atom stereocenters. The summed E-state index contributed by atoms with van der Waals surface area (Å²) < 4.78 is 5.27. The third kappa shape index (κ3) is 7.94. The summed E-state index contributed by atoms with van der Waals surface area (Å²) in [5.41, 5.74) is 0.906. The number of nitrogens with one attached hydrogen (secondary N) is 3. The Morgan fingerprint density at radius 3 is 2.10 bits per heavy atom. The van der Waals surface area contributed by atoms with Crippen molar-refractivity contribution in [2.45, 2.75) is 69.5 Å². The molecule has 0 heterocycles. The Morgan fingerprint density at radius 1 is 0.850 bits per heavy atom. The highest BCUT2D eigenvalue weighted by atomic mass is 16.5. The monoisotopic (exact) mass is 541 g/mol. The van der Waals surface area contributed by atoms with Crippen LogP contribution in [0.15, 0.2) is 84.9 Å². The van der Waals surface area contributed by atoms with Crippen LogP contribution in [-0.4, -0.2) is 42.5 Å². The number of methoxy groups -OCH3 is 1. The molecule has 1 fully saturated rings. The molecule has 7 heteroatoms. The average molecular weight is 542 g/mol. The lowest BCUT2D eigenvalue weighted by atomic mass is 9.90. The molecule has 3 amide bonds. The summed E-state index contributed by atoms with van der Waals surface area (Å²) in [6, 6.07) is 25.2. The Kier molecular flexibility index (Phi) is 9.95. The van der Waals surface area contributed by atoms with Crippen LogP contribution in [0.4, 0.5) is 0 Å². The number of hydrogen-bond donors (Lipinski definition) is 3. The Morgan fingerprint density at radius 2 is 1.48 bits per heavy atom. The van der Waals surface area contributed by atoms with Gasteiger partial charge in [0.05, 0.1) is 7.11 Å². The standard InChI is InChI=1S/C33H39N3O4/c1-33(23-25-18-20-28(40-2)21-19-25,36-30(37)26-14-8-4-9-15-26)32(39)35-29(22-24-12-6-3-7-13-24)31(38)34-27-16-10-5-11-17-27/h3-4,6-9,12-15,18-21,27,29H,5,10-11,16-17,22-23H2,1-2H3,(H,34,38)(H,35,39)(H,36,37)/t29-,33+/m0/s1. The van der Waals surface area contributed by atoms with E-state index in [0.29, 0.717) is 17.7 Å². The molecule has 3 aromatic carbocycles. The average Bonchev–Trinajstić information content (AvgIpc) is 2.98. The lowest BCUT2D eigenvalue weighted by Crippen LogP contribution is -2.62. The molecular weight excluding hydrogens is 502 g/mol. The van der Waals surface area contributed by atoms with Gasteiger partial charge in [0, 0.05) is 24.4 Å². The van der Waals surface area contributed by atoms with Gasteiger partial charge < -0.3 is 20.7 Å². The lowest BCUT2D eigenvalue weighted by molar-refractivity contribution is -0.132. The number of rotatable bonds is 11. The molecule has 0 radical (unpaired) electrons. The second-order valence-corrected chi connectivity index (χ2v) is 10.7.